The Morgan fingerprint density at radius 1 is 1.11 bits per heavy atom. The maximum Gasteiger partial charge on any atom is 0.243 e. The standard InChI is InChI=1S/C14H21NO3S/c1-9-6-10(2)12(4)13(11(9)3)19(17,18)15-7-14(5,16)8-15/h6,16H,7-8H2,1-5H3. The summed E-state index contributed by atoms with van der Waals surface area (Å²) < 4.78 is 26.7. The first-order chi connectivity index (χ1) is 8.56. The molecule has 0 atom stereocenters. The highest BCUT2D eigenvalue weighted by Gasteiger charge is 2.44. The minimum Gasteiger partial charge on any atom is -0.387 e. The lowest BCUT2D eigenvalue weighted by Crippen LogP contribution is -2.61. The maximum atomic E-state index is 12.7. The van der Waals surface area contributed by atoms with E-state index in [1.165, 1.54) is 4.31 Å². The number of β-amino-alcohol motifs (C(OH)–C–C–N with tert-alkyl or cyclic N) is 1. The van der Waals surface area contributed by atoms with Crippen LogP contribution in [0, 0.1) is 27.7 Å². The highest BCUT2D eigenvalue weighted by Crippen LogP contribution is 2.33. The van der Waals surface area contributed by atoms with Gasteiger partial charge in [0.05, 0.1) is 10.5 Å². The van der Waals surface area contributed by atoms with Gasteiger partial charge < -0.3 is 5.11 Å². The summed E-state index contributed by atoms with van der Waals surface area (Å²) in [6.07, 6.45) is 0. The largest absolute Gasteiger partial charge is 0.387 e. The summed E-state index contributed by atoms with van der Waals surface area (Å²) in [5, 5.41) is 9.74. The second-order valence-electron chi connectivity index (χ2n) is 5.86. The lowest BCUT2D eigenvalue weighted by Gasteiger charge is -2.43. The normalized spacial score (nSPS) is 19.3. The van der Waals surface area contributed by atoms with E-state index < -0.39 is 15.6 Å². The minimum atomic E-state index is -3.51. The van der Waals surface area contributed by atoms with Gasteiger partial charge in [0.1, 0.15) is 0 Å². The van der Waals surface area contributed by atoms with E-state index in [2.05, 4.69) is 0 Å². The first-order valence-electron chi connectivity index (χ1n) is 6.36. The Morgan fingerprint density at radius 3 is 1.89 bits per heavy atom. The number of aliphatic hydroxyl groups is 1. The molecule has 2 rings (SSSR count). The minimum absolute atomic E-state index is 0.168. The van der Waals surface area contributed by atoms with Crippen LogP contribution in [0.15, 0.2) is 11.0 Å². The highest BCUT2D eigenvalue weighted by atomic mass is 32.2. The Labute approximate surface area is 115 Å². The van der Waals surface area contributed by atoms with E-state index in [4.69, 9.17) is 0 Å². The van der Waals surface area contributed by atoms with Crippen molar-refractivity contribution >= 4 is 10.0 Å². The number of benzene rings is 1. The van der Waals surface area contributed by atoms with Gasteiger partial charge in [-0.3, -0.25) is 0 Å². The summed E-state index contributed by atoms with van der Waals surface area (Å²) in [5.41, 5.74) is 2.67. The predicted octanol–water partition coefficient (Wildman–Crippen LogP) is 1.68. The SMILES string of the molecule is Cc1cc(C)c(C)c(S(=O)(=O)N2CC(C)(O)C2)c1C. The Morgan fingerprint density at radius 2 is 1.53 bits per heavy atom. The fourth-order valence-corrected chi connectivity index (χ4v) is 4.83. The molecule has 0 aromatic heterocycles. The average molecular weight is 283 g/mol. The summed E-state index contributed by atoms with van der Waals surface area (Å²) >= 11 is 0. The van der Waals surface area contributed by atoms with Gasteiger partial charge in [-0.25, -0.2) is 8.42 Å². The molecule has 19 heavy (non-hydrogen) atoms. The van der Waals surface area contributed by atoms with Crippen molar-refractivity contribution in [1.29, 1.82) is 0 Å². The fourth-order valence-electron chi connectivity index (χ4n) is 2.58. The highest BCUT2D eigenvalue weighted by molar-refractivity contribution is 7.89. The molecular weight excluding hydrogens is 262 g/mol. The van der Waals surface area contributed by atoms with E-state index in [1.807, 2.05) is 33.8 Å². The molecule has 1 saturated heterocycles. The molecule has 1 aliphatic rings. The summed E-state index contributed by atoms with van der Waals surface area (Å²) in [7, 11) is -3.51. The first kappa shape index (κ1) is 14.5. The predicted molar refractivity (Wildman–Crippen MR) is 74.8 cm³/mol. The molecule has 0 radical (unpaired) electrons. The van der Waals surface area contributed by atoms with Gasteiger partial charge in [-0.05, 0) is 56.9 Å². The molecule has 1 heterocycles. The van der Waals surface area contributed by atoms with Crippen LogP contribution in [0.25, 0.3) is 0 Å². The lowest BCUT2D eigenvalue weighted by molar-refractivity contribution is -0.0426. The second-order valence-corrected chi connectivity index (χ2v) is 7.73. The Kier molecular flexibility index (Phi) is 3.28. The van der Waals surface area contributed by atoms with Gasteiger partial charge in [-0.1, -0.05) is 6.07 Å². The third-order valence-electron chi connectivity index (χ3n) is 3.93. The molecule has 0 saturated carbocycles. The van der Waals surface area contributed by atoms with Gasteiger partial charge in [-0.2, -0.15) is 4.31 Å². The van der Waals surface area contributed by atoms with E-state index in [9.17, 15) is 13.5 Å². The van der Waals surface area contributed by atoms with Crippen LogP contribution in [0.2, 0.25) is 0 Å². The number of hydrogen-bond donors (Lipinski definition) is 1. The van der Waals surface area contributed by atoms with Gasteiger partial charge in [-0.15, -0.1) is 0 Å². The van der Waals surface area contributed by atoms with Crippen molar-refractivity contribution in [3.63, 3.8) is 0 Å². The molecule has 0 amide bonds. The van der Waals surface area contributed by atoms with Crippen LogP contribution in [0.5, 0.6) is 0 Å². The zero-order valence-electron chi connectivity index (χ0n) is 12.1. The van der Waals surface area contributed by atoms with Crippen LogP contribution in [0.1, 0.15) is 29.2 Å². The van der Waals surface area contributed by atoms with Crippen LogP contribution >= 0.6 is 0 Å². The number of nitrogens with zero attached hydrogens (tertiary/aromatic N) is 1. The Bertz CT molecular complexity index is 598. The summed E-state index contributed by atoms with van der Waals surface area (Å²) in [4.78, 5) is 0.403. The van der Waals surface area contributed by atoms with Crippen molar-refractivity contribution in [1.82, 2.24) is 4.31 Å². The molecule has 5 heteroatoms. The first-order valence-corrected chi connectivity index (χ1v) is 7.80. The van der Waals surface area contributed by atoms with Gasteiger partial charge in [0.25, 0.3) is 0 Å². The molecule has 1 aromatic carbocycles. The molecule has 1 aromatic rings. The molecule has 1 N–H and O–H groups in total. The lowest BCUT2D eigenvalue weighted by atomic mass is 10.0. The topological polar surface area (TPSA) is 57.6 Å². The van der Waals surface area contributed by atoms with Crippen molar-refractivity contribution in [3.05, 3.63) is 28.3 Å². The second kappa shape index (κ2) is 4.30. The third-order valence-corrected chi connectivity index (χ3v) is 6.00. The summed E-state index contributed by atoms with van der Waals surface area (Å²) in [5.74, 6) is 0. The fraction of sp³-hybridized carbons (Fsp3) is 0.571. The Hall–Kier alpha value is -0.910. The quantitative estimate of drug-likeness (QED) is 0.898. The molecular formula is C14H21NO3S. The van der Waals surface area contributed by atoms with Crippen LogP contribution in [-0.2, 0) is 10.0 Å². The van der Waals surface area contributed by atoms with Gasteiger partial charge >= 0.3 is 0 Å². The molecule has 1 aliphatic heterocycles. The molecule has 0 unspecified atom stereocenters. The molecule has 0 spiro atoms. The molecule has 106 valence electrons. The van der Waals surface area contributed by atoms with E-state index >= 15 is 0 Å². The van der Waals surface area contributed by atoms with Crippen molar-refractivity contribution < 1.29 is 13.5 Å². The average Bonchev–Trinajstić information content (AvgIpc) is 2.23. The van der Waals surface area contributed by atoms with Crippen molar-refractivity contribution in [2.24, 2.45) is 0 Å². The third kappa shape index (κ3) is 2.30. The monoisotopic (exact) mass is 283 g/mol. The number of rotatable bonds is 2. The van der Waals surface area contributed by atoms with Gasteiger partial charge in [0.15, 0.2) is 0 Å². The van der Waals surface area contributed by atoms with Crippen molar-refractivity contribution in [3.8, 4) is 0 Å². The zero-order chi connectivity index (χ0) is 14.6. The summed E-state index contributed by atoms with van der Waals surface area (Å²) in [6.45, 7) is 9.52. The van der Waals surface area contributed by atoms with E-state index in [0.29, 0.717) is 4.90 Å². The van der Waals surface area contributed by atoms with E-state index in [-0.39, 0.29) is 13.1 Å². The maximum absolute atomic E-state index is 12.7. The van der Waals surface area contributed by atoms with E-state index in [1.54, 1.807) is 6.92 Å². The smallest absolute Gasteiger partial charge is 0.243 e. The Balaban J connectivity index is 2.54. The van der Waals surface area contributed by atoms with Crippen molar-refractivity contribution in [2.45, 2.75) is 45.1 Å². The number of aryl methyl sites for hydroxylation is 2. The van der Waals surface area contributed by atoms with Gasteiger partial charge in [0.2, 0.25) is 10.0 Å². The van der Waals surface area contributed by atoms with Gasteiger partial charge in [0, 0.05) is 13.1 Å². The van der Waals surface area contributed by atoms with Crippen LogP contribution in [0.3, 0.4) is 0 Å². The molecule has 1 fully saturated rings. The molecule has 4 nitrogen and oxygen atoms in total. The van der Waals surface area contributed by atoms with E-state index in [0.717, 1.165) is 22.3 Å². The van der Waals surface area contributed by atoms with Crippen LogP contribution < -0.4 is 0 Å². The van der Waals surface area contributed by atoms with Crippen molar-refractivity contribution in [2.75, 3.05) is 13.1 Å². The molecule has 0 bridgehead atoms. The van der Waals surface area contributed by atoms with Crippen LogP contribution in [-0.4, -0.2) is 36.5 Å². The number of hydrogen-bond acceptors (Lipinski definition) is 3. The van der Waals surface area contributed by atoms with Crippen LogP contribution in [0.4, 0.5) is 0 Å². The summed E-state index contributed by atoms with van der Waals surface area (Å²) in [6, 6.07) is 2.01. The number of sulfonamides is 1. The molecule has 0 aliphatic carbocycles. The zero-order valence-corrected chi connectivity index (χ0v) is 12.9.